The summed E-state index contributed by atoms with van der Waals surface area (Å²) in [5, 5.41) is 2.69. The Balaban J connectivity index is 1.34. The van der Waals surface area contributed by atoms with Crippen molar-refractivity contribution >= 4 is 29.3 Å². The second kappa shape index (κ2) is 12.3. The van der Waals surface area contributed by atoms with Gasteiger partial charge in [0.2, 0.25) is 0 Å². The van der Waals surface area contributed by atoms with Crippen LogP contribution in [0.2, 0.25) is 0 Å². The molecule has 0 radical (unpaired) electrons. The van der Waals surface area contributed by atoms with Gasteiger partial charge in [-0.15, -0.1) is 0 Å². The lowest BCUT2D eigenvalue weighted by atomic mass is 10.1. The lowest BCUT2D eigenvalue weighted by molar-refractivity contribution is 0.0475. The SMILES string of the molecule is COc1ccc(C(=O)Nc2ccccc2C(=O)OCC(=O)c2ccc(OC(=O)c3ccc(C)cc3)cc2)cc1. The standard InChI is InChI=1S/C31H25NO7/c1-20-7-9-23(10-8-20)30(35)39-25-17-11-21(12-18-25)28(33)19-38-31(36)26-5-3-4-6-27(26)32-29(34)22-13-15-24(37-2)16-14-22/h3-18H,19H2,1-2H3,(H,32,34). The van der Waals surface area contributed by atoms with Crippen LogP contribution in [0.5, 0.6) is 11.5 Å². The van der Waals surface area contributed by atoms with Gasteiger partial charge in [0.25, 0.3) is 5.91 Å². The third-order valence-corrected chi connectivity index (χ3v) is 5.76. The molecule has 4 aromatic rings. The summed E-state index contributed by atoms with van der Waals surface area (Å²) in [7, 11) is 1.53. The first-order valence-corrected chi connectivity index (χ1v) is 12.0. The van der Waals surface area contributed by atoms with E-state index >= 15 is 0 Å². The Hall–Kier alpha value is -5.24. The molecule has 0 bridgehead atoms. The number of benzene rings is 4. The van der Waals surface area contributed by atoms with Crippen LogP contribution in [0.3, 0.4) is 0 Å². The van der Waals surface area contributed by atoms with Crippen LogP contribution in [-0.4, -0.2) is 37.3 Å². The van der Waals surface area contributed by atoms with Crippen molar-refractivity contribution in [1.29, 1.82) is 0 Å². The quantitative estimate of drug-likeness (QED) is 0.175. The molecule has 0 atom stereocenters. The van der Waals surface area contributed by atoms with Gasteiger partial charge in [-0.1, -0.05) is 29.8 Å². The van der Waals surface area contributed by atoms with Crippen molar-refractivity contribution in [3.63, 3.8) is 0 Å². The number of methoxy groups -OCH3 is 1. The summed E-state index contributed by atoms with van der Waals surface area (Å²) in [6.45, 7) is 1.41. The van der Waals surface area contributed by atoms with Crippen LogP contribution in [0.4, 0.5) is 5.69 Å². The number of para-hydroxylation sites is 1. The second-order valence-corrected chi connectivity index (χ2v) is 8.51. The molecule has 4 rings (SSSR count). The predicted octanol–water partition coefficient (Wildman–Crippen LogP) is 5.51. The van der Waals surface area contributed by atoms with Crippen molar-refractivity contribution in [3.8, 4) is 11.5 Å². The molecule has 0 aliphatic carbocycles. The van der Waals surface area contributed by atoms with Gasteiger partial charge in [0.15, 0.2) is 12.4 Å². The number of amides is 1. The Bertz CT molecular complexity index is 1490. The molecule has 0 spiro atoms. The minimum absolute atomic E-state index is 0.102. The summed E-state index contributed by atoms with van der Waals surface area (Å²) in [4.78, 5) is 50.3. The van der Waals surface area contributed by atoms with Crippen molar-refractivity contribution in [3.05, 3.63) is 125 Å². The fraction of sp³-hybridized carbons (Fsp3) is 0.0968. The summed E-state index contributed by atoms with van der Waals surface area (Å²) < 4.78 is 15.7. The maximum absolute atomic E-state index is 12.7. The smallest absolute Gasteiger partial charge is 0.343 e. The normalized spacial score (nSPS) is 10.3. The highest BCUT2D eigenvalue weighted by Crippen LogP contribution is 2.20. The van der Waals surface area contributed by atoms with Crippen molar-refractivity contribution in [1.82, 2.24) is 0 Å². The molecule has 0 aliphatic rings. The van der Waals surface area contributed by atoms with E-state index in [1.54, 1.807) is 54.6 Å². The lowest BCUT2D eigenvalue weighted by Crippen LogP contribution is -2.18. The van der Waals surface area contributed by atoms with Crippen LogP contribution >= 0.6 is 0 Å². The van der Waals surface area contributed by atoms with Gasteiger partial charge in [-0.25, -0.2) is 9.59 Å². The van der Waals surface area contributed by atoms with Crippen molar-refractivity contribution in [2.45, 2.75) is 6.92 Å². The molecular weight excluding hydrogens is 498 g/mol. The largest absolute Gasteiger partial charge is 0.497 e. The van der Waals surface area contributed by atoms with Crippen LogP contribution in [0.25, 0.3) is 0 Å². The van der Waals surface area contributed by atoms with Gasteiger partial charge in [-0.3, -0.25) is 9.59 Å². The Labute approximate surface area is 225 Å². The highest BCUT2D eigenvalue weighted by atomic mass is 16.5. The molecule has 0 fully saturated rings. The molecule has 39 heavy (non-hydrogen) atoms. The van der Waals surface area contributed by atoms with Crippen LogP contribution in [-0.2, 0) is 4.74 Å². The van der Waals surface area contributed by atoms with E-state index in [0.717, 1.165) is 5.56 Å². The third kappa shape index (κ3) is 6.95. The molecule has 0 aliphatic heterocycles. The number of ether oxygens (including phenoxy) is 3. The maximum Gasteiger partial charge on any atom is 0.343 e. The van der Waals surface area contributed by atoms with Crippen molar-refractivity contribution in [2.24, 2.45) is 0 Å². The summed E-state index contributed by atoms with van der Waals surface area (Å²) >= 11 is 0. The molecule has 0 unspecified atom stereocenters. The number of nitrogens with one attached hydrogen (secondary N) is 1. The zero-order valence-electron chi connectivity index (χ0n) is 21.3. The summed E-state index contributed by atoms with van der Waals surface area (Å²) in [5.41, 5.74) is 2.44. The second-order valence-electron chi connectivity index (χ2n) is 8.51. The molecular formula is C31H25NO7. The first kappa shape index (κ1) is 26.8. The summed E-state index contributed by atoms with van der Waals surface area (Å²) in [6, 6.07) is 25.8. The molecule has 0 saturated heterocycles. The number of anilines is 1. The molecule has 196 valence electrons. The van der Waals surface area contributed by atoms with E-state index in [2.05, 4.69) is 5.32 Å². The number of carbonyl (C=O) groups is 4. The van der Waals surface area contributed by atoms with Crippen LogP contribution in [0.15, 0.2) is 97.1 Å². The van der Waals surface area contributed by atoms with Crippen LogP contribution < -0.4 is 14.8 Å². The van der Waals surface area contributed by atoms with Crippen molar-refractivity contribution in [2.75, 3.05) is 19.0 Å². The highest BCUT2D eigenvalue weighted by Gasteiger charge is 2.18. The number of hydrogen-bond donors (Lipinski definition) is 1. The molecule has 1 amide bonds. The molecule has 0 aromatic heterocycles. The number of carbonyl (C=O) groups excluding carboxylic acids is 4. The van der Waals surface area contributed by atoms with Gasteiger partial charge in [-0.05, 0) is 79.7 Å². The Morgan fingerprint density at radius 1 is 0.667 bits per heavy atom. The van der Waals surface area contributed by atoms with Crippen LogP contribution in [0.1, 0.15) is 47.0 Å². The molecule has 8 heteroatoms. The van der Waals surface area contributed by atoms with Gasteiger partial charge in [-0.2, -0.15) is 0 Å². The van der Waals surface area contributed by atoms with Gasteiger partial charge >= 0.3 is 11.9 Å². The predicted molar refractivity (Wildman–Crippen MR) is 145 cm³/mol. The van der Waals surface area contributed by atoms with Gasteiger partial charge in [0.05, 0.1) is 23.9 Å². The summed E-state index contributed by atoms with van der Waals surface area (Å²) in [6.07, 6.45) is 0. The van der Waals surface area contributed by atoms with E-state index in [9.17, 15) is 19.2 Å². The van der Waals surface area contributed by atoms with E-state index < -0.39 is 30.2 Å². The Morgan fingerprint density at radius 2 is 1.26 bits per heavy atom. The number of hydrogen-bond acceptors (Lipinski definition) is 7. The van der Waals surface area contributed by atoms with Crippen molar-refractivity contribution < 1.29 is 33.4 Å². The number of aryl methyl sites for hydroxylation is 1. The monoisotopic (exact) mass is 523 g/mol. The molecule has 0 heterocycles. The van der Waals surface area contributed by atoms with E-state index in [1.807, 2.05) is 19.1 Å². The summed E-state index contributed by atoms with van der Waals surface area (Å²) in [5.74, 6) is -1.26. The maximum atomic E-state index is 12.7. The molecule has 8 nitrogen and oxygen atoms in total. The minimum atomic E-state index is -0.766. The average Bonchev–Trinajstić information content (AvgIpc) is 2.96. The lowest BCUT2D eigenvalue weighted by Gasteiger charge is -2.11. The topological polar surface area (TPSA) is 108 Å². The zero-order chi connectivity index (χ0) is 27.8. The van der Waals surface area contributed by atoms with Crippen LogP contribution in [0, 0.1) is 6.92 Å². The Kier molecular flexibility index (Phi) is 8.48. The Morgan fingerprint density at radius 3 is 1.92 bits per heavy atom. The molecule has 4 aromatic carbocycles. The minimum Gasteiger partial charge on any atom is -0.497 e. The van der Waals surface area contributed by atoms with E-state index in [-0.39, 0.29) is 22.6 Å². The number of Topliss-reactive ketones (excluding diaryl/α,β-unsaturated/α-hetero) is 1. The molecule has 1 N–H and O–H groups in total. The van der Waals surface area contributed by atoms with E-state index in [4.69, 9.17) is 14.2 Å². The zero-order valence-corrected chi connectivity index (χ0v) is 21.3. The average molecular weight is 524 g/mol. The fourth-order valence-corrected chi connectivity index (χ4v) is 3.56. The third-order valence-electron chi connectivity index (χ3n) is 5.76. The number of rotatable bonds is 9. The van der Waals surface area contributed by atoms with Gasteiger partial charge < -0.3 is 19.5 Å². The first-order chi connectivity index (χ1) is 18.8. The number of ketones is 1. The highest BCUT2D eigenvalue weighted by molar-refractivity contribution is 6.08. The molecule has 0 saturated carbocycles. The van der Waals surface area contributed by atoms with Gasteiger partial charge in [0.1, 0.15) is 11.5 Å². The van der Waals surface area contributed by atoms with E-state index in [0.29, 0.717) is 16.9 Å². The first-order valence-electron chi connectivity index (χ1n) is 12.0. The van der Waals surface area contributed by atoms with Gasteiger partial charge in [0, 0.05) is 11.1 Å². The number of esters is 2. The fourth-order valence-electron chi connectivity index (χ4n) is 3.56. The van der Waals surface area contributed by atoms with E-state index in [1.165, 1.54) is 37.4 Å².